The fourth-order valence-corrected chi connectivity index (χ4v) is 3.36. The molecule has 0 fully saturated rings. The maximum absolute atomic E-state index is 11.3. The number of ether oxygens (including phenoxy) is 2. The minimum absolute atomic E-state index is 0. The number of alkyl carbamates (subject to hydrolysis) is 1. The van der Waals surface area contributed by atoms with Crippen LogP contribution in [0.2, 0.25) is 0 Å². The van der Waals surface area contributed by atoms with E-state index in [0.29, 0.717) is 25.2 Å². The summed E-state index contributed by atoms with van der Waals surface area (Å²) in [6, 6.07) is 7.17. The minimum atomic E-state index is -0.330. The first-order chi connectivity index (χ1) is 11.7. The molecule has 1 aliphatic rings. The first-order valence-electron chi connectivity index (χ1n) is 8.99. The third kappa shape index (κ3) is 6.40. The van der Waals surface area contributed by atoms with Crippen LogP contribution in [0.5, 0.6) is 5.75 Å². The van der Waals surface area contributed by atoms with E-state index in [1.807, 2.05) is 13.0 Å². The normalized spacial score (nSPS) is 17.0. The van der Waals surface area contributed by atoms with Crippen molar-refractivity contribution >= 4 is 18.5 Å². The lowest BCUT2D eigenvalue weighted by atomic mass is 9.87. The number of carbonyl (C=O) groups is 1. The highest BCUT2D eigenvalue weighted by atomic mass is 35.5. The first kappa shape index (κ1) is 21.6. The summed E-state index contributed by atoms with van der Waals surface area (Å²) < 4.78 is 10.4. The Labute approximate surface area is 157 Å². The van der Waals surface area contributed by atoms with Crippen LogP contribution >= 0.6 is 12.4 Å². The van der Waals surface area contributed by atoms with Gasteiger partial charge in [0, 0.05) is 18.6 Å². The SMILES string of the molecule is CCOC(=O)NCCC(CC)NC1CCc2cccc(OC)c2C1.Cl. The Hall–Kier alpha value is -1.46. The van der Waals surface area contributed by atoms with Gasteiger partial charge < -0.3 is 20.1 Å². The van der Waals surface area contributed by atoms with Crippen molar-refractivity contribution in [3.63, 3.8) is 0 Å². The van der Waals surface area contributed by atoms with E-state index in [0.717, 1.165) is 37.9 Å². The molecule has 0 bridgehead atoms. The summed E-state index contributed by atoms with van der Waals surface area (Å²) >= 11 is 0. The van der Waals surface area contributed by atoms with Gasteiger partial charge >= 0.3 is 6.09 Å². The molecule has 2 N–H and O–H groups in total. The van der Waals surface area contributed by atoms with Crippen LogP contribution in [0.25, 0.3) is 0 Å². The lowest BCUT2D eigenvalue weighted by Gasteiger charge is -2.30. The molecule has 142 valence electrons. The van der Waals surface area contributed by atoms with E-state index in [9.17, 15) is 4.79 Å². The molecule has 2 rings (SSSR count). The average Bonchev–Trinajstić information content (AvgIpc) is 2.60. The predicted molar refractivity (Wildman–Crippen MR) is 103 cm³/mol. The van der Waals surface area contributed by atoms with E-state index in [2.05, 4.69) is 29.7 Å². The van der Waals surface area contributed by atoms with Gasteiger partial charge in [-0.25, -0.2) is 4.79 Å². The Morgan fingerprint density at radius 2 is 2.16 bits per heavy atom. The Kier molecular flexibility index (Phi) is 9.68. The zero-order chi connectivity index (χ0) is 17.4. The molecule has 0 spiro atoms. The van der Waals surface area contributed by atoms with Crippen LogP contribution in [0.1, 0.15) is 44.2 Å². The molecule has 1 aromatic rings. The highest BCUT2D eigenvalue weighted by molar-refractivity contribution is 5.85. The van der Waals surface area contributed by atoms with Gasteiger partial charge in [0.2, 0.25) is 0 Å². The number of fused-ring (bicyclic) bond motifs is 1. The summed E-state index contributed by atoms with van der Waals surface area (Å²) in [5.41, 5.74) is 2.74. The van der Waals surface area contributed by atoms with Crippen LogP contribution < -0.4 is 15.4 Å². The molecule has 0 radical (unpaired) electrons. The van der Waals surface area contributed by atoms with Crippen molar-refractivity contribution in [2.24, 2.45) is 0 Å². The third-order valence-corrected chi connectivity index (χ3v) is 4.66. The molecular formula is C19H31ClN2O3. The predicted octanol–water partition coefficient (Wildman–Crippen LogP) is 3.48. The molecule has 1 aliphatic carbocycles. The third-order valence-electron chi connectivity index (χ3n) is 4.66. The number of methoxy groups -OCH3 is 1. The number of benzene rings is 1. The quantitative estimate of drug-likeness (QED) is 0.735. The van der Waals surface area contributed by atoms with Gasteiger partial charge in [-0.05, 0) is 56.2 Å². The fraction of sp³-hybridized carbons (Fsp3) is 0.632. The highest BCUT2D eigenvalue weighted by Gasteiger charge is 2.23. The standard InChI is InChI=1S/C19H30N2O3.ClH/c1-4-15(11-12-20-19(22)24-5-2)21-16-10-9-14-7-6-8-18(23-3)17(14)13-16;/h6-8,15-16,21H,4-5,9-13H2,1-3H3,(H,20,22);1H. The molecule has 0 heterocycles. The Bertz CT molecular complexity index is 525. The molecule has 0 saturated carbocycles. The lowest BCUT2D eigenvalue weighted by Crippen LogP contribution is -2.43. The van der Waals surface area contributed by atoms with Crippen LogP contribution in [0, 0.1) is 0 Å². The Balaban J connectivity index is 0.00000312. The molecule has 0 saturated heterocycles. The Morgan fingerprint density at radius 1 is 1.36 bits per heavy atom. The molecule has 25 heavy (non-hydrogen) atoms. The maximum atomic E-state index is 11.3. The van der Waals surface area contributed by atoms with Crippen LogP contribution in [0.3, 0.4) is 0 Å². The largest absolute Gasteiger partial charge is 0.496 e. The first-order valence-corrected chi connectivity index (χ1v) is 8.99. The molecule has 2 atom stereocenters. The van der Waals surface area contributed by atoms with Gasteiger partial charge in [-0.1, -0.05) is 19.1 Å². The van der Waals surface area contributed by atoms with Crippen LogP contribution in [0.15, 0.2) is 18.2 Å². The number of nitrogens with one attached hydrogen (secondary N) is 2. The number of halogens is 1. The maximum Gasteiger partial charge on any atom is 0.407 e. The van der Waals surface area contributed by atoms with Gasteiger partial charge in [0.05, 0.1) is 13.7 Å². The summed E-state index contributed by atoms with van der Waals surface area (Å²) in [6.07, 6.45) is 4.85. The molecule has 1 aromatic carbocycles. The summed E-state index contributed by atoms with van der Waals surface area (Å²) in [5, 5.41) is 6.55. The summed E-state index contributed by atoms with van der Waals surface area (Å²) in [4.78, 5) is 11.3. The molecular weight excluding hydrogens is 340 g/mol. The molecule has 0 aliphatic heterocycles. The fourth-order valence-electron chi connectivity index (χ4n) is 3.36. The molecule has 2 unspecified atom stereocenters. The molecule has 0 aromatic heterocycles. The number of carbonyl (C=O) groups excluding carboxylic acids is 1. The van der Waals surface area contributed by atoms with Crippen LogP contribution in [-0.2, 0) is 17.6 Å². The minimum Gasteiger partial charge on any atom is -0.496 e. The van der Waals surface area contributed by atoms with Gasteiger partial charge in [-0.3, -0.25) is 0 Å². The van der Waals surface area contributed by atoms with Gasteiger partial charge in [-0.2, -0.15) is 0 Å². The van der Waals surface area contributed by atoms with Crippen LogP contribution in [-0.4, -0.2) is 38.4 Å². The second kappa shape index (κ2) is 11.2. The number of aryl methyl sites for hydroxylation is 1. The molecule has 6 heteroatoms. The van der Waals surface area contributed by atoms with Crippen molar-refractivity contribution in [1.82, 2.24) is 10.6 Å². The van der Waals surface area contributed by atoms with E-state index < -0.39 is 0 Å². The lowest BCUT2D eigenvalue weighted by molar-refractivity contribution is 0.151. The van der Waals surface area contributed by atoms with Crippen molar-refractivity contribution in [1.29, 1.82) is 0 Å². The Morgan fingerprint density at radius 3 is 2.84 bits per heavy atom. The van der Waals surface area contributed by atoms with Gasteiger partial charge in [-0.15, -0.1) is 12.4 Å². The van der Waals surface area contributed by atoms with E-state index in [1.54, 1.807) is 7.11 Å². The molecule has 5 nitrogen and oxygen atoms in total. The summed E-state index contributed by atoms with van der Waals surface area (Å²) in [7, 11) is 1.74. The highest BCUT2D eigenvalue weighted by Crippen LogP contribution is 2.29. The van der Waals surface area contributed by atoms with E-state index in [1.165, 1.54) is 11.1 Å². The number of hydrogen-bond donors (Lipinski definition) is 2. The van der Waals surface area contributed by atoms with Gasteiger partial charge in [0.25, 0.3) is 0 Å². The summed E-state index contributed by atoms with van der Waals surface area (Å²) in [6.45, 7) is 5.03. The van der Waals surface area contributed by atoms with Crippen molar-refractivity contribution < 1.29 is 14.3 Å². The summed E-state index contributed by atoms with van der Waals surface area (Å²) in [5.74, 6) is 0.996. The second-order valence-corrected chi connectivity index (χ2v) is 6.25. The monoisotopic (exact) mass is 370 g/mol. The molecule has 1 amide bonds. The van der Waals surface area contributed by atoms with Crippen LogP contribution in [0.4, 0.5) is 4.79 Å². The smallest absolute Gasteiger partial charge is 0.407 e. The van der Waals surface area contributed by atoms with E-state index in [-0.39, 0.29) is 18.5 Å². The topological polar surface area (TPSA) is 59.6 Å². The number of amides is 1. The van der Waals surface area contributed by atoms with Crippen molar-refractivity contribution in [2.75, 3.05) is 20.3 Å². The van der Waals surface area contributed by atoms with Gasteiger partial charge in [0.15, 0.2) is 0 Å². The zero-order valence-electron chi connectivity index (χ0n) is 15.5. The number of rotatable bonds is 8. The van der Waals surface area contributed by atoms with E-state index in [4.69, 9.17) is 9.47 Å². The zero-order valence-corrected chi connectivity index (χ0v) is 16.3. The second-order valence-electron chi connectivity index (χ2n) is 6.25. The van der Waals surface area contributed by atoms with E-state index >= 15 is 0 Å². The average molecular weight is 371 g/mol. The van der Waals surface area contributed by atoms with Crippen molar-refractivity contribution in [2.45, 2.75) is 58.0 Å². The van der Waals surface area contributed by atoms with Crippen molar-refractivity contribution in [3.8, 4) is 5.75 Å². The van der Waals surface area contributed by atoms with Gasteiger partial charge in [0.1, 0.15) is 5.75 Å². The van der Waals surface area contributed by atoms with Crippen molar-refractivity contribution in [3.05, 3.63) is 29.3 Å². The number of hydrogen-bond acceptors (Lipinski definition) is 4.